The minimum atomic E-state index is 0.555. The molecule has 0 heterocycles. The van der Waals surface area contributed by atoms with E-state index in [0.29, 0.717) is 6.61 Å². The molecule has 0 amide bonds. The van der Waals surface area contributed by atoms with E-state index in [-0.39, 0.29) is 0 Å². The molecule has 0 aliphatic heterocycles. The maximum absolute atomic E-state index is 4.99. The second-order valence-electron chi connectivity index (χ2n) is 3.78. The number of hydrogen-bond donors (Lipinski definition) is 1. The number of benzene rings is 1. The second-order valence-corrected chi connectivity index (χ2v) is 4.64. The summed E-state index contributed by atoms with van der Waals surface area (Å²) in [5, 5.41) is 0. The first-order chi connectivity index (χ1) is 7.13. The highest BCUT2D eigenvalue weighted by Gasteiger charge is 2.02. The van der Waals surface area contributed by atoms with E-state index in [4.69, 9.17) is 5.90 Å². The minimum Gasteiger partial charge on any atom is -0.305 e. The topological polar surface area (TPSA) is 38.5 Å². The van der Waals surface area contributed by atoms with Gasteiger partial charge in [0.15, 0.2) is 0 Å². The van der Waals surface area contributed by atoms with Crippen molar-refractivity contribution in [1.29, 1.82) is 0 Å². The van der Waals surface area contributed by atoms with E-state index in [1.165, 1.54) is 11.1 Å². The average Bonchev–Trinajstić information content (AvgIpc) is 2.18. The fourth-order valence-electron chi connectivity index (χ4n) is 1.39. The Morgan fingerprint density at radius 3 is 2.67 bits per heavy atom. The highest BCUT2D eigenvalue weighted by Crippen LogP contribution is 2.20. The van der Waals surface area contributed by atoms with E-state index in [1.807, 2.05) is 0 Å². The lowest BCUT2D eigenvalue weighted by molar-refractivity contribution is 0.141. The zero-order valence-electron chi connectivity index (χ0n) is 9.16. The Balaban J connectivity index is 2.70. The highest BCUT2D eigenvalue weighted by atomic mass is 79.9. The van der Waals surface area contributed by atoms with Crippen LogP contribution in [0.4, 0.5) is 0 Å². The molecule has 0 spiro atoms. The Bertz CT molecular complexity index is 315. The Morgan fingerprint density at radius 2 is 2.13 bits per heavy atom. The highest BCUT2D eigenvalue weighted by molar-refractivity contribution is 9.10. The van der Waals surface area contributed by atoms with Gasteiger partial charge in [0.25, 0.3) is 0 Å². The van der Waals surface area contributed by atoms with Gasteiger partial charge in [0.2, 0.25) is 0 Å². The van der Waals surface area contributed by atoms with Crippen LogP contribution in [0.1, 0.15) is 11.1 Å². The average molecular weight is 273 g/mol. The summed E-state index contributed by atoms with van der Waals surface area (Å²) in [6.07, 6.45) is 0.845. The molecule has 1 aromatic rings. The van der Waals surface area contributed by atoms with Crippen LogP contribution in [0, 0.1) is 0 Å². The van der Waals surface area contributed by atoms with Crippen molar-refractivity contribution < 1.29 is 4.84 Å². The van der Waals surface area contributed by atoms with Crippen LogP contribution in [-0.4, -0.2) is 25.6 Å². The van der Waals surface area contributed by atoms with Gasteiger partial charge >= 0.3 is 0 Å². The zero-order valence-corrected chi connectivity index (χ0v) is 10.8. The predicted molar refractivity (Wildman–Crippen MR) is 65.4 cm³/mol. The molecule has 2 N–H and O–H groups in total. The lowest BCUT2D eigenvalue weighted by Gasteiger charge is -2.12. The van der Waals surface area contributed by atoms with Gasteiger partial charge in [0, 0.05) is 11.0 Å². The molecule has 0 aliphatic carbocycles. The Kier molecular flexibility index (Phi) is 5.25. The zero-order chi connectivity index (χ0) is 11.3. The van der Waals surface area contributed by atoms with Crippen molar-refractivity contribution >= 4 is 15.9 Å². The molecule has 0 saturated heterocycles. The van der Waals surface area contributed by atoms with E-state index in [1.54, 1.807) is 0 Å². The lowest BCUT2D eigenvalue weighted by atomic mass is 10.1. The largest absolute Gasteiger partial charge is 0.305 e. The Morgan fingerprint density at radius 1 is 1.40 bits per heavy atom. The van der Waals surface area contributed by atoms with Crippen molar-refractivity contribution in [3.8, 4) is 0 Å². The molecular formula is C11H17BrN2O. The summed E-state index contributed by atoms with van der Waals surface area (Å²) in [4.78, 5) is 6.70. The third-order valence-electron chi connectivity index (χ3n) is 2.11. The van der Waals surface area contributed by atoms with Gasteiger partial charge in [0.1, 0.15) is 0 Å². The van der Waals surface area contributed by atoms with Gasteiger partial charge < -0.3 is 9.74 Å². The summed E-state index contributed by atoms with van der Waals surface area (Å²) in [5.74, 6) is 4.99. The smallest absolute Gasteiger partial charge is 0.0719 e. The molecule has 0 unspecified atom stereocenters. The minimum absolute atomic E-state index is 0.555. The van der Waals surface area contributed by atoms with E-state index in [9.17, 15) is 0 Å². The van der Waals surface area contributed by atoms with Crippen LogP contribution in [0.3, 0.4) is 0 Å². The SMILES string of the molecule is CN(C)Cc1ccc(CCON)cc1Br. The molecule has 0 bridgehead atoms. The number of rotatable bonds is 5. The van der Waals surface area contributed by atoms with Crippen LogP contribution in [0.25, 0.3) is 0 Å². The van der Waals surface area contributed by atoms with E-state index in [2.05, 4.69) is 58.0 Å². The molecule has 1 aromatic carbocycles. The van der Waals surface area contributed by atoms with Gasteiger partial charge in [-0.25, -0.2) is 5.90 Å². The van der Waals surface area contributed by atoms with Crippen molar-refractivity contribution in [2.24, 2.45) is 5.90 Å². The molecule has 0 aliphatic rings. The first kappa shape index (κ1) is 12.6. The van der Waals surface area contributed by atoms with Gasteiger partial charge in [-0.15, -0.1) is 0 Å². The molecule has 0 saturated carbocycles. The first-order valence-electron chi connectivity index (χ1n) is 4.87. The quantitative estimate of drug-likeness (QED) is 0.833. The van der Waals surface area contributed by atoms with Crippen LogP contribution < -0.4 is 5.90 Å². The van der Waals surface area contributed by atoms with Crippen molar-refractivity contribution in [2.75, 3.05) is 20.7 Å². The summed E-state index contributed by atoms with van der Waals surface area (Å²) in [6.45, 7) is 1.49. The molecule has 15 heavy (non-hydrogen) atoms. The molecule has 0 aromatic heterocycles. The first-order valence-corrected chi connectivity index (χ1v) is 5.66. The number of nitrogens with two attached hydrogens (primary N) is 1. The fourth-order valence-corrected chi connectivity index (χ4v) is 1.94. The summed E-state index contributed by atoms with van der Waals surface area (Å²) in [7, 11) is 4.12. The van der Waals surface area contributed by atoms with E-state index >= 15 is 0 Å². The van der Waals surface area contributed by atoms with Crippen LogP contribution in [-0.2, 0) is 17.8 Å². The predicted octanol–water partition coefficient (Wildman–Crippen LogP) is 1.94. The molecule has 4 heteroatoms. The third kappa shape index (κ3) is 4.30. The number of hydrogen-bond acceptors (Lipinski definition) is 3. The standard InChI is InChI=1S/C11H17BrN2O/c1-14(2)8-10-4-3-9(5-6-15-13)7-11(10)12/h3-4,7H,5-6,8,13H2,1-2H3. The van der Waals surface area contributed by atoms with Crippen LogP contribution in [0.2, 0.25) is 0 Å². The maximum atomic E-state index is 4.99. The van der Waals surface area contributed by atoms with Gasteiger partial charge in [-0.05, 0) is 37.7 Å². The lowest BCUT2D eigenvalue weighted by Crippen LogP contribution is -2.11. The monoisotopic (exact) mass is 272 g/mol. The summed E-state index contributed by atoms with van der Waals surface area (Å²) in [5.41, 5.74) is 2.52. The third-order valence-corrected chi connectivity index (χ3v) is 2.85. The molecular weight excluding hydrogens is 256 g/mol. The van der Waals surface area contributed by atoms with Gasteiger partial charge in [-0.1, -0.05) is 28.1 Å². The maximum Gasteiger partial charge on any atom is 0.0719 e. The normalized spacial score (nSPS) is 11.0. The van der Waals surface area contributed by atoms with Crippen molar-refractivity contribution in [1.82, 2.24) is 4.90 Å². The van der Waals surface area contributed by atoms with Crippen LogP contribution >= 0.6 is 15.9 Å². The number of halogens is 1. The van der Waals surface area contributed by atoms with Gasteiger partial charge in [-0.2, -0.15) is 0 Å². The number of nitrogens with zero attached hydrogens (tertiary/aromatic N) is 1. The Hall–Kier alpha value is -0.420. The van der Waals surface area contributed by atoms with E-state index < -0.39 is 0 Å². The van der Waals surface area contributed by atoms with Crippen molar-refractivity contribution in [3.05, 3.63) is 33.8 Å². The molecule has 84 valence electrons. The second kappa shape index (κ2) is 6.23. The van der Waals surface area contributed by atoms with Crippen molar-refractivity contribution in [3.63, 3.8) is 0 Å². The molecule has 1 rings (SSSR count). The van der Waals surface area contributed by atoms with Gasteiger partial charge in [-0.3, -0.25) is 0 Å². The summed E-state index contributed by atoms with van der Waals surface area (Å²) >= 11 is 3.57. The van der Waals surface area contributed by atoms with Crippen molar-refractivity contribution in [2.45, 2.75) is 13.0 Å². The fraction of sp³-hybridized carbons (Fsp3) is 0.455. The Labute approximate surface area is 99.3 Å². The van der Waals surface area contributed by atoms with Crippen LogP contribution in [0.15, 0.2) is 22.7 Å². The molecule has 0 atom stereocenters. The van der Waals surface area contributed by atoms with Gasteiger partial charge in [0.05, 0.1) is 6.61 Å². The summed E-state index contributed by atoms with van der Waals surface area (Å²) in [6, 6.07) is 6.37. The summed E-state index contributed by atoms with van der Waals surface area (Å²) < 4.78 is 1.14. The molecule has 0 radical (unpaired) electrons. The van der Waals surface area contributed by atoms with E-state index in [0.717, 1.165) is 17.4 Å². The molecule has 3 nitrogen and oxygen atoms in total. The van der Waals surface area contributed by atoms with Crippen LogP contribution in [0.5, 0.6) is 0 Å². The molecule has 0 fully saturated rings.